The number of hydrogen-bond donors (Lipinski definition) is 0. The minimum absolute atomic E-state index is 0.303. The van der Waals surface area contributed by atoms with Crippen LogP contribution in [-0.4, -0.2) is 18.1 Å². The van der Waals surface area contributed by atoms with Crippen LogP contribution < -0.4 is 4.74 Å². The number of nitrogens with zero attached hydrogens (tertiary/aromatic N) is 1. The smallest absolute Gasteiger partial charge is 0.339 e. The number of carbonyl (C=O) groups is 1. The van der Waals surface area contributed by atoms with Gasteiger partial charge in [-0.05, 0) is 36.2 Å². The highest BCUT2D eigenvalue weighted by molar-refractivity contribution is 5.88. The van der Waals surface area contributed by atoms with Gasteiger partial charge < -0.3 is 9.47 Å². The molecule has 0 aliphatic heterocycles. The first-order valence-corrected chi connectivity index (χ1v) is 6.14. The zero-order valence-corrected chi connectivity index (χ0v) is 11.2. The van der Waals surface area contributed by atoms with Crippen molar-refractivity contribution in [3.63, 3.8) is 0 Å². The third kappa shape index (κ3) is 3.12. The Morgan fingerprint density at radius 1 is 1.30 bits per heavy atom. The van der Waals surface area contributed by atoms with E-state index in [0.29, 0.717) is 23.6 Å². The summed E-state index contributed by atoms with van der Waals surface area (Å²) in [4.78, 5) is 15.3. The number of methoxy groups -OCH3 is 1. The highest BCUT2D eigenvalue weighted by atomic mass is 19.1. The second-order valence-corrected chi connectivity index (χ2v) is 4.08. The Labute approximate surface area is 116 Å². The number of aryl methyl sites for hydroxylation is 1. The van der Waals surface area contributed by atoms with E-state index < -0.39 is 5.97 Å². The summed E-state index contributed by atoms with van der Waals surface area (Å²) in [5.74, 6) is 0.120. The van der Waals surface area contributed by atoms with Gasteiger partial charge in [0.1, 0.15) is 11.6 Å². The van der Waals surface area contributed by atoms with Gasteiger partial charge in [-0.25, -0.2) is 14.2 Å². The number of halogens is 1. The first-order valence-electron chi connectivity index (χ1n) is 6.14. The van der Waals surface area contributed by atoms with Crippen LogP contribution in [0, 0.1) is 5.82 Å². The Morgan fingerprint density at radius 2 is 2.10 bits per heavy atom. The first kappa shape index (κ1) is 14.0. The average molecular weight is 275 g/mol. The van der Waals surface area contributed by atoms with E-state index in [1.54, 1.807) is 18.2 Å². The molecule has 0 saturated carbocycles. The summed E-state index contributed by atoms with van der Waals surface area (Å²) in [6.45, 7) is 1.91. The monoisotopic (exact) mass is 275 g/mol. The molecule has 5 heteroatoms. The molecule has 0 fully saturated rings. The lowest BCUT2D eigenvalue weighted by Gasteiger charge is -2.09. The van der Waals surface area contributed by atoms with E-state index in [1.165, 1.54) is 25.4 Å². The SMILES string of the molecule is CCc1cc(F)ccc1Oc1ccc(C(=O)OC)cn1. The normalized spacial score (nSPS) is 10.2. The molecule has 20 heavy (non-hydrogen) atoms. The summed E-state index contributed by atoms with van der Waals surface area (Å²) in [6, 6.07) is 7.44. The zero-order valence-electron chi connectivity index (χ0n) is 11.2. The fourth-order valence-electron chi connectivity index (χ4n) is 1.72. The molecule has 2 aromatic rings. The number of esters is 1. The Balaban J connectivity index is 2.20. The Bertz CT molecular complexity index is 611. The molecule has 0 unspecified atom stereocenters. The Hall–Kier alpha value is -2.43. The Morgan fingerprint density at radius 3 is 2.70 bits per heavy atom. The molecule has 0 atom stereocenters. The predicted octanol–water partition coefficient (Wildman–Crippen LogP) is 3.36. The van der Waals surface area contributed by atoms with Gasteiger partial charge in [0.25, 0.3) is 0 Å². The van der Waals surface area contributed by atoms with Crippen LogP contribution in [0.1, 0.15) is 22.8 Å². The maximum atomic E-state index is 13.1. The minimum Gasteiger partial charge on any atom is -0.465 e. The van der Waals surface area contributed by atoms with Gasteiger partial charge in [0.15, 0.2) is 0 Å². The van der Waals surface area contributed by atoms with Gasteiger partial charge in [-0.15, -0.1) is 0 Å². The average Bonchev–Trinajstić information content (AvgIpc) is 2.49. The molecule has 0 aliphatic carbocycles. The van der Waals surface area contributed by atoms with Crippen molar-refractivity contribution in [3.05, 3.63) is 53.5 Å². The number of rotatable bonds is 4. The first-order chi connectivity index (χ1) is 9.63. The standard InChI is InChI=1S/C15H14FNO3/c1-3-10-8-12(16)5-6-13(10)20-14-7-4-11(9-17-14)15(18)19-2/h4-9H,3H2,1-2H3. The van der Waals surface area contributed by atoms with Crippen molar-refractivity contribution in [2.24, 2.45) is 0 Å². The third-order valence-corrected chi connectivity index (χ3v) is 2.78. The van der Waals surface area contributed by atoms with Gasteiger partial charge in [-0.3, -0.25) is 0 Å². The minimum atomic E-state index is -0.458. The van der Waals surface area contributed by atoms with E-state index in [0.717, 1.165) is 5.56 Å². The fourth-order valence-corrected chi connectivity index (χ4v) is 1.72. The molecule has 0 aliphatic rings. The molecule has 0 radical (unpaired) electrons. The topological polar surface area (TPSA) is 48.4 Å². The lowest BCUT2D eigenvalue weighted by molar-refractivity contribution is 0.0600. The number of aromatic nitrogens is 1. The predicted molar refractivity (Wildman–Crippen MR) is 71.4 cm³/mol. The van der Waals surface area contributed by atoms with E-state index in [4.69, 9.17) is 4.74 Å². The van der Waals surface area contributed by atoms with Crippen molar-refractivity contribution in [3.8, 4) is 11.6 Å². The number of benzene rings is 1. The van der Waals surface area contributed by atoms with Crippen LogP contribution in [0.3, 0.4) is 0 Å². The van der Waals surface area contributed by atoms with Gasteiger partial charge in [-0.2, -0.15) is 0 Å². The second-order valence-electron chi connectivity index (χ2n) is 4.08. The molecule has 0 saturated heterocycles. The van der Waals surface area contributed by atoms with Crippen LogP contribution in [0.2, 0.25) is 0 Å². The Kier molecular flexibility index (Phi) is 4.30. The van der Waals surface area contributed by atoms with Gasteiger partial charge >= 0.3 is 5.97 Å². The van der Waals surface area contributed by atoms with E-state index in [9.17, 15) is 9.18 Å². The van der Waals surface area contributed by atoms with E-state index >= 15 is 0 Å². The molecule has 1 aromatic heterocycles. The maximum Gasteiger partial charge on any atom is 0.339 e. The van der Waals surface area contributed by atoms with Crippen LogP contribution >= 0.6 is 0 Å². The number of carbonyl (C=O) groups excluding carboxylic acids is 1. The fraction of sp³-hybridized carbons (Fsp3) is 0.200. The molecule has 1 heterocycles. The molecule has 104 valence electrons. The molecule has 0 amide bonds. The van der Waals surface area contributed by atoms with Gasteiger partial charge in [0, 0.05) is 12.3 Å². The highest BCUT2D eigenvalue weighted by Crippen LogP contribution is 2.25. The van der Waals surface area contributed by atoms with Crippen LogP contribution in [-0.2, 0) is 11.2 Å². The molecule has 0 spiro atoms. The van der Waals surface area contributed by atoms with Crippen molar-refractivity contribution in [2.75, 3.05) is 7.11 Å². The zero-order chi connectivity index (χ0) is 14.5. The quantitative estimate of drug-likeness (QED) is 0.803. The molecule has 4 nitrogen and oxygen atoms in total. The van der Waals surface area contributed by atoms with Crippen LogP contribution in [0.4, 0.5) is 4.39 Å². The van der Waals surface area contributed by atoms with Crippen molar-refractivity contribution < 1.29 is 18.7 Å². The summed E-state index contributed by atoms with van der Waals surface area (Å²) in [5, 5.41) is 0. The molecular formula is C15H14FNO3. The lowest BCUT2D eigenvalue weighted by atomic mass is 10.1. The molecule has 1 aromatic carbocycles. The molecule has 0 bridgehead atoms. The lowest BCUT2D eigenvalue weighted by Crippen LogP contribution is -2.02. The summed E-state index contributed by atoms with van der Waals surface area (Å²) in [7, 11) is 1.30. The van der Waals surface area contributed by atoms with Gasteiger partial charge in [-0.1, -0.05) is 6.92 Å². The van der Waals surface area contributed by atoms with Crippen molar-refractivity contribution in [1.82, 2.24) is 4.98 Å². The summed E-state index contributed by atoms with van der Waals surface area (Å²) < 4.78 is 23.3. The molecular weight excluding hydrogens is 261 g/mol. The van der Waals surface area contributed by atoms with Gasteiger partial charge in [0.05, 0.1) is 12.7 Å². The highest BCUT2D eigenvalue weighted by Gasteiger charge is 2.08. The van der Waals surface area contributed by atoms with Crippen LogP contribution in [0.15, 0.2) is 36.5 Å². The molecule has 2 rings (SSSR count). The number of hydrogen-bond acceptors (Lipinski definition) is 4. The van der Waals surface area contributed by atoms with E-state index in [1.807, 2.05) is 6.92 Å². The van der Waals surface area contributed by atoms with Crippen molar-refractivity contribution in [2.45, 2.75) is 13.3 Å². The number of pyridine rings is 1. The van der Waals surface area contributed by atoms with Crippen LogP contribution in [0.5, 0.6) is 11.6 Å². The van der Waals surface area contributed by atoms with E-state index in [2.05, 4.69) is 9.72 Å². The number of ether oxygens (including phenoxy) is 2. The third-order valence-electron chi connectivity index (χ3n) is 2.78. The molecule has 0 N–H and O–H groups in total. The van der Waals surface area contributed by atoms with Crippen molar-refractivity contribution >= 4 is 5.97 Å². The summed E-state index contributed by atoms with van der Waals surface area (Å²) >= 11 is 0. The summed E-state index contributed by atoms with van der Waals surface area (Å²) in [6.07, 6.45) is 2.02. The maximum absolute atomic E-state index is 13.1. The van der Waals surface area contributed by atoms with Crippen LogP contribution in [0.25, 0.3) is 0 Å². The summed E-state index contributed by atoms with van der Waals surface area (Å²) in [5.41, 5.74) is 1.10. The second kappa shape index (κ2) is 6.14. The largest absolute Gasteiger partial charge is 0.465 e. The van der Waals surface area contributed by atoms with Gasteiger partial charge in [0.2, 0.25) is 5.88 Å². The van der Waals surface area contributed by atoms with Crippen molar-refractivity contribution in [1.29, 1.82) is 0 Å². The van der Waals surface area contributed by atoms with E-state index in [-0.39, 0.29) is 5.82 Å².